The first-order valence-electron chi connectivity index (χ1n) is 6.89. The maximum absolute atomic E-state index is 12.7. The molecule has 0 N–H and O–H groups in total. The SMILES string of the molecule is COC(C)(/C=C(\OB(F)F)c1ccccc1)c1ccccc1. The number of halogens is 2. The summed E-state index contributed by atoms with van der Waals surface area (Å²) >= 11 is 0. The summed E-state index contributed by atoms with van der Waals surface area (Å²) in [5.74, 6) is 0.0869. The summed E-state index contributed by atoms with van der Waals surface area (Å²) in [6.07, 6.45) is 1.57. The normalized spacial score (nSPS) is 14.3. The number of benzene rings is 2. The lowest BCUT2D eigenvalue weighted by molar-refractivity contribution is 0.0455. The van der Waals surface area contributed by atoms with Gasteiger partial charge < -0.3 is 9.39 Å². The molecule has 5 heteroatoms. The summed E-state index contributed by atoms with van der Waals surface area (Å²) in [5, 5.41) is 0. The van der Waals surface area contributed by atoms with Crippen molar-refractivity contribution in [2.24, 2.45) is 0 Å². The number of rotatable bonds is 6. The van der Waals surface area contributed by atoms with Crippen molar-refractivity contribution in [2.75, 3.05) is 7.11 Å². The fourth-order valence-corrected chi connectivity index (χ4v) is 2.16. The summed E-state index contributed by atoms with van der Waals surface area (Å²) < 4.78 is 35.8. The maximum atomic E-state index is 12.7. The molecule has 114 valence electrons. The van der Waals surface area contributed by atoms with Gasteiger partial charge in [0.15, 0.2) is 0 Å². The van der Waals surface area contributed by atoms with Gasteiger partial charge in [-0.3, -0.25) is 0 Å². The molecule has 2 aromatic rings. The fraction of sp³-hybridized carbons (Fsp3) is 0.176. The first-order chi connectivity index (χ1) is 10.5. The first-order valence-corrected chi connectivity index (χ1v) is 6.89. The zero-order chi connectivity index (χ0) is 16.0. The van der Waals surface area contributed by atoms with Crippen LogP contribution in [0.25, 0.3) is 5.76 Å². The topological polar surface area (TPSA) is 18.5 Å². The van der Waals surface area contributed by atoms with E-state index in [4.69, 9.17) is 9.39 Å². The molecule has 0 saturated carbocycles. The average molecular weight is 302 g/mol. The van der Waals surface area contributed by atoms with Crippen molar-refractivity contribution >= 4 is 13.2 Å². The van der Waals surface area contributed by atoms with E-state index in [0.717, 1.165) is 5.56 Å². The largest absolute Gasteiger partial charge is 0.796 e. The molecular formula is C17H17BF2O2. The van der Waals surface area contributed by atoms with Gasteiger partial charge in [0.05, 0.1) is 0 Å². The highest BCUT2D eigenvalue weighted by Gasteiger charge is 2.28. The van der Waals surface area contributed by atoms with Gasteiger partial charge in [0.2, 0.25) is 0 Å². The molecule has 22 heavy (non-hydrogen) atoms. The molecule has 0 radical (unpaired) electrons. The lowest BCUT2D eigenvalue weighted by Gasteiger charge is -2.26. The van der Waals surface area contributed by atoms with Crippen molar-refractivity contribution in [1.82, 2.24) is 0 Å². The third kappa shape index (κ3) is 3.95. The van der Waals surface area contributed by atoms with Gasteiger partial charge in [0.1, 0.15) is 11.4 Å². The summed E-state index contributed by atoms with van der Waals surface area (Å²) in [4.78, 5) is 0. The summed E-state index contributed by atoms with van der Waals surface area (Å²) in [5.41, 5.74) is 0.548. The molecule has 1 unspecified atom stereocenters. The highest BCUT2D eigenvalue weighted by Crippen LogP contribution is 2.31. The van der Waals surface area contributed by atoms with Crippen LogP contribution in [0.3, 0.4) is 0 Å². The Labute approximate surface area is 129 Å². The highest BCUT2D eigenvalue weighted by molar-refractivity contribution is 6.36. The Morgan fingerprint density at radius 1 is 1.00 bits per heavy atom. The second-order valence-electron chi connectivity index (χ2n) is 4.93. The number of methoxy groups -OCH3 is 1. The van der Waals surface area contributed by atoms with E-state index in [1.54, 1.807) is 37.3 Å². The monoisotopic (exact) mass is 302 g/mol. The molecular weight excluding hydrogens is 285 g/mol. The van der Waals surface area contributed by atoms with Crippen LogP contribution in [0.15, 0.2) is 66.7 Å². The lowest BCUT2D eigenvalue weighted by atomic mass is 9.93. The Morgan fingerprint density at radius 3 is 2.05 bits per heavy atom. The Hall–Kier alpha value is -2.14. The van der Waals surface area contributed by atoms with Crippen LogP contribution in [0.4, 0.5) is 8.63 Å². The van der Waals surface area contributed by atoms with Gasteiger partial charge in [0, 0.05) is 12.7 Å². The average Bonchev–Trinajstić information content (AvgIpc) is 2.55. The molecule has 0 aliphatic rings. The maximum Gasteiger partial charge on any atom is 0.796 e. The van der Waals surface area contributed by atoms with E-state index in [9.17, 15) is 8.63 Å². The Morgan fingerprint density at radius 2 is 1.55 bits per heavy atom. The zero-order valence-corrected chi connectivity index (χ0v) is 12.5. The molecule has 2 nitrogen and oxygen atoms in total. The smallest absolute Gasteiger partial charge is 0.505 e. The van der Waals surface area contributed by atoms with Gasteiger partial charge in [-0.1, -0.05) is 60.7 Å². The molecule has 0 amide bonds. The third-order valence-corrected chi connectivity index (χ3v) is 3.45. The van der Waals surface area contributed by atoms with Crippen LogP contribution in [0, 0.1) is 0 Å². The van der Waals surface area contributed by atoms with Crippen molar-refractivity contribution in [3.63, 3.8) is 0 Å². The van der Waals surface area contributed by atoms with E-state index in [1.165, 1.54) is 7.11 Å². The minimum atomic E-state index is -2.90. The van der Waals surface area contributed by atoms with Gasteiger partial charge in [-0.25, -0.2) is 8.63 Å². The van der Waals surface area contributed by atoms with Crippen LogP contribution >= 0.6 is 0 Å². The molecule has 0 fully saturated rings. The molecule has 0 bridgehead atoms. The summed E-state index contributed by atoms with van der Waals surface area (Å²) in [7, 11) is -1.36. The molecule has 0 spiro atoms. The predicted molar refractivity (Wildman–Crippen MR) is 84.3 cm³/mol. The van der Waals surface area contributed by atoms with E-state index in [-0.39, 0.29) is 5.76 Å². The lowest BCUT2D eigenvalue weighted by Crippen LogP contribution is -2.23. The van der Waals surface area contributed by atoms with E-state index in [2.05, 4.69) is 0 Å². The van der Waals surface area contributed by atoms with Crippen LogP contribution in [-0.2, 0) is 15.0 Å². The molecule has 0 heterocycles. The molecule has 0 aromatic heterocycles. The predicted octanol–water partition coefficient (Wildman–Crippen LogP) is 4.53. The fourth-order valence-electron chi connectivity index (χ4n) is 2.16. The van der Waals surface area contributed by atoms with Crippen LogP contribution in [0.2, 0.25) is 0 Å². The molecule has 0 aliphatic carbocycles. The quantitative estimate of drug-likeness (QED) is 0.576. The van der Waals surface area contributed by atoms with Crippen molar-refractivity contribution in [3.8, 4) is 0 Å². The summed E-state index contributed by atoms with van der Waals surface area (Å²) in [6, 6.07) is 18.2. The van der Waals surface area contributed by atoms with Gasteiger partial charge in [-0.2, -0.15) is 0 Å². The summed E-state index contributed by atoms with van der Waals surface area (Å²) in [6.45, 7) is 1.81. The van der Waals surface area contributed by atoms with Crippen LogP contribution in [0.5, 0.6) is 0 Å². The second kappa shape index (κ2) is 7.23. The minimum absolute atomic E-state index is 0.0869. The van der Waals surface area contributed by atoms with Crippen molar-refractivity contribution in [2.45, 2.75) is 12.5 Å². The van der Waals surface area contributed by atoms with E-state index in [1.807, 2.05) is 36.4 Å². The number of hydrogen-bond donors (Lipinski definition) is 0. The van der Waals surface area contributed by atoms with Crippen molar-refractivity contribution in [3.05, 3.63) is 77.9 Å². The Bertz CT molecular complexity index is 617. The molecule has 2 rings (SSSR count). The minimum Gasteiger partial charge on any atom is -0.505 e. The van der Waals surface area contributed by atoms with E-state index in [0.29, 0.717) is 5.56 Å². The van der Waals surface area contributed by atoms with Gasteiger partial charge in [-0.05, 0) is 18.6 Å². The van der Waals surface area contributed by atoms with Crippen molar-refractivity contribution in [1.29, 1.82) is 0 Å². The Kier molecular flexibility index (Phi) is 5.33. The van der Waals surface area contributed by atoms with Gasteiger partial charge in [-0.15, -0.1) is 0 Å². The zero-order valence-electron chi connectivity index (χ0n) is 12.5. The van der Waals surface area contributed by atoms with Crippen LogP contribution < -0.4 is 0 Å². The molecule has 2 aromatic carbocycles. The Balaban J connectivity index is 2.46. The second-order valence-corrected chi connectivity index (χ2v) is 4.93. The highest BCUT2D eigenvalue weighted by atomic mass is 19.2. The molecule has 0 saturated heterocycles. The van der Waals surface area contributed by atoms with Crippen LogP contribution in [0.1, 0.15) is 18.1 Å². The van der Waals surface area contributed by atoms with E-state index >= 15 is 0 Å². The molecule has 0 aliphatic heterocycles. The van der Waals surface area contributed by atoms with Gasteiger partial charge in [0.25, 0.3) is 0 Å². The van der Waals surface area contributed by atoms with Crippen LogP contribution in [-0.4, -0.2) is 14.6 Å². The first kappa shape index (κ1) is 16.2. The molecule has 1 atom stereocenters. The van der Waals surface area contributed by atoms with E-state index < -0.39 is 13.1 Å². The number of ether oxygens (including phenoxy) is 1. The third-order valence-electron chi connectivity index (χ3n) is 3.45. The van der Waals surface area contributed by atoms with Gasteiger partial charge >= 0.3 is 7.47 Å². The van der Waals surface area contributed by atoms with Crippen molar-refractivity contribution < 1.29 is 18.0 Å². The standard InChI is InChI=1S/C17H17BF2O2/c1-17(21-2,15-11-7-4-8-12-15)13-16(22-18(19)20)14-9-5-3-6-10-14/h3-13H,1-2H3/b16-13-. The number of hydrogen-bond acceptors (Lipinski definition) is 2.